The van der Waals surface area contributed by atoms with Gasteiger partial charge in [-0.3, -0.25) is 14.4 Å². The van der Waals surface area contributed by atoms with E-state index in [1.165, 1.54) is 54.0 Å². The lowest BCUT2D eigenvalue weighted by Crippen LogP contribution is -2.33. The molecule has 5 atom stereocenters. The van der Waals surface area contributed by atoms with Gasteiger partial charge in [-0.25, -0.2) is 24.0 Å². The molecule has 15 aromatic carbocycles. The van der Waals surface area contributed by atoms with Gasteiger partial charge in [0, 0.05) is 37.9 Å². The molecule has 592 valence electrons. The van der Waals surface area contributed by atoms with Gasteiger partial charge in [-0.1, -0.05) is 200 Å². The van der Waals surface area contributed by atoms with Gasteiger partial charge < -0.3 is 42.6 Å². The smallest absolute Gasteiger partial charge is 0.347 e. The summed E-state index contributed by atoms with van der Waals surface area (Å²) in [6.45, 7) is 3.80. The van der Waals surface area contributed by atoms with Crippen LogP contribution in [0.1, 0.15) is 109 Å². The van der Waals surface area contributed by atoms with Crippen LogP contribution in [0.5, 0.6) is 0 Å². The van der Waals surface area contributed by atoms with Crippen LogP contribution in [0.3, 0.4) is 0 Å². The Hall–Kier alpha value is -13.0. The number of hydrogen-bond donors (Lipinski definition) is 0. The summed E-state index contributed by atoms with van der Waals surface area (Å²) in [5, 5.41) is 22.3. The minimum Gasteiger partial charge on any atom is -0.465 e. The van der Waals surface area contributed by atoms with Crippen molar-refractivity contribution in [3.05, 3.63) is 301 Å². The fraction of sp³-hybridized carbons (Fsp3) is 0.220. The van der Waals surface area contributed by atoms with Crippen molar-refractivity contribution in [1.29, 1.82) is 0 Å². The van der Waals surface area contributed by atoms with Crippen molar-refractivity contribution >= 4 is 167 Å². The fourth-order valence-corrected chi connectivity index (χ4v) is 16.7. The highest BCUT2D eigenvalue weighted by Crippen LogP contribution is 2.36. The third-order valence-electron chi connectivity index (χ3n) is 22.0. The summed E-state index contributed by atoms with van der Waals surface area (Å²) in [7, 11) is 0. The Kier molecular flexibility index (Phi) is 24.1. The molecule has 0 radical (unpaired) electrons. The molecule has 0 aliphatic carbocycles. The van der Waals surface area contributed by atoms with Gasteiger partial charge in [-0.05, 0) is 236 Å². The Morgan fingerprint density at radius 3 is 1.24 bits per heavy atom. The fourth-order valence-electron chi connectivity index (χ4n) is 15.5. The van der Waals surface area contributed by atoms with Gasteiger partial charge in [0.05, 0.1) is 37.6 Å². The van der Waals surface area contributed by atoms with E-state index in [2.05, 4.69) is 127 Å². The Morgan fingerprint density at radius 1 is 0.381 bits per heavy atom. The molecule has 20 rings (SSSR count). The maximum Gasteiger partial charge on any atom is 0.347 e. The summed E-state index contributed by atoms with van der Waals surface area (Å²) >= 11 is 1.70. The zero-order valence-corrected chi connectivity index (χ0v) is 65.8. The topological polar surface area (TPSA) is 220 Å². The zero-order chi connectivity index (χ0) is 81.1. The second-order valence-corrected chi connectivity index (χ2v) is 31.2. The van der Waals surface area contributed by atoms with E-state index in [1.54, 1.807) is 23.9 Å². The molecule has 15 aromatic rings. The van der Waals surface area contributed by atoms with Crippen molar-refractivity contribution in [2.45, 2.75) is 119 Å². The number of cyclic esters (lactones) is 5. The molecule has 5 unspecified atom stereocenters. The van der Waals surface area contributed by atoms with Crippen molar-refractivity contribution in [3.8, 4) is 0 Å². The SMILES string of the molecule is CC1(OCc2cccc3cc4ccccc4cc23)CCOC1=O.O=C(OC1CCCOC1=O)c1cccc2cc3ccccc3cc12.O=C1CCC(C(=O)OCc2cccc3cc4ccccc4cc23)O1.O=C1CCCC(OC(=O)c2cccc3cc4ccccc4cc23)O1.O=C1OCCCC1SCc1cccc2cc3ccccc3cc12. The molecule has 5 saturated heterocycles. The van der Waals surface area contributed by atoms with Crippen LogP contribution in [0, 0.1) is 0 Å². The summed E-state index contributed by atoms with van der Waals surface area (Å²) < 4.78 is 47.3. The molecular formula is C100H84O17S. The summed E-state index contributed by atoms with van der Waals surface area (Å²) in [6, 6.07) is 91.8. The average molecular weight is 1590 g/mol. The molecule has 118 heavy (non-hydrogen) atoms. The minimum absolute atomic E-state index is 0.0144. The Labute approximate surface area is 684 Å². The number of rotatable bonds is 13. The van der Waals surface area contributed by atoms with Crippen LogP contribution >= 0.6 is 11.8 Å². The van der Waals surface area contributed by atoms with E-state index in [0.717, 1.165) is 89.0 Å². The van der Waals surface area contributed by atoms with Crippen LogP contribution in [0.4, 0.5) is 0 Å². The predicted octanol–water partition coefficient (Wildman–Crippen LogP) is 20.9. The maximum absolute atomic E-state index is 12.6. The lowest BCUT2D eigenvalue weighted by Gasteiger charge is -2.22. The molecule has 5 aliphatic heterocycles. The highest BCUT2D eigenvalue weighted by atomic mass is 32.2. The number of esters is 8. The first-order valence-corrected chi connectivity index (χ1v) is 40.9. The Morgan fingerprint density at radius 2 is 0.788 bits per heavy atom. The Balaban J connectivity index is 0.000000110. The third-order valence-corrected chi connectivity index (χ3v) is 23.3. The zero-order valence-electron chi connectivity index (χ0n) is 65.0. The molecule has 18 heteroatoms. The molecule has 0 saturated carbocycles. The van der Waals surface area contributed by atoms with E-state index >= 15 is 0 Å². The molecule has 5 heterocycles. The van der Waals surface area contributed by atoms with Crippen molar-refractivity contribution in [1.82, 2.24) is 0 Å². The third kappa shape index (κ3) is 18.3. The number of hydrogen-bond acceptors (Lipinski definition) is 18. The predicted molar refractivity (Wildman–Crippen MR) is 459 cm³/mol. The monoisotopic (exact) mass is 1590 g/mol. The number of carbonyl (C=O) groups excluding carboxylic acids is 8. The molecular weight excluding hydrogens is 1510 g/mol. The molecule has 0 N–H and O–H groups in total. The normalized spacial score (nSPS) is 18.3. The number of thioether (sulfide) groups is 1. The molecule has 17 nitrogen and oxygen atoms in total. The number of ether oxygens (including phenoxy) is 9. The first-order chi connectivity index (χ1) is 57.6. The first-order valence-electron chi connectivity index (χ1n) is 39.9. The second-order valence-electron chi connectivity index (χ2n) is 30.0. The molecule has 0 amide bonds. The van der Waals surface area contributed by atoms with Crippen molar-refractivity contribution in [2.24, 2.45) is 0 Å². The lowest BCUT2D eigenvalue weighted by atomic mass is 9.99. The van der Waals surface area contributed by atoms with Gasteiger partial charge in [-0.15, -0.1) is 11.8 Å². The average Bonchev–Trinajstić information content (AvgIpc) is 0.808. The van der Waals surface area contributed by atoms with Gasteiger partial charge in [-0.2, -0.15) is 0 Å². The summed E-state index contributed by atoms with van der Waals surface area (Å²) in [6.07, 6.45) is 3.68. The molecule has 5 aliphatic rings. The first kappa shape index (κ1) is 78.8. The van der Waals surface area contributed by atoms with E-state index in [0.29, 0.717) is 82.5 Å². The van der Waals surface area contributed by atoms with Crippen LogP contribution in [0.2, 0.25) is 0 Å². The number of carbonyl (C=O) groups is 8. The number of fused-ring (bicyclic) bond motifs is 10. The van der Waals surface area contributed by atoms with Gasteiger partial charge in [0.25, 0.3) is 0 Å². The molecule has 0 spiro atoms. The highest BCUT2D eigenvalue weighted by molar-refractivity contribution is 7.99. The Bertz CT molecular complexity index is 6390. The second kappa shape index (κ2) is 36.0. The van der Waals surface area contributed by atoms with E-state index in [9.17, 15) is 38.4 Å². The van der Waals surface area contributed by atoms with Crippen molar-refractivity contribution in [2.75, 3.05) is 19.8 Å². The molecule has 0 bridgehead atoms. The number of benzene rings is 15. The minimum atomic E-state index is -0.820. The van der Waals surface area contributed by atoms with Crippen molar-refractivity contribution in [3.63, 3.8) is 0 Å². The standard InChI is InChI=1S/3C20H16O4.C20H18O3.C20H18O2S/c21-19(24-18-9-4-10-23-20(18)22)16-8-3-7-15-11-13-5-1-2-6-14(13)12-17(15)16;21-18-9-4-10-19(23-18)24-20(22)16-8-3-7-15-11-13-5-1-2-6-14(13)12-17(15)16;21-19-9-8-18(24-19)20(22)23-12-16-7-3-6-15-10-13-4-1-2-5-14(13)11-17(15)16;1-20(9-10-22-19(20)21)23-13-17-8-4-7-16-11-14-5-2-3-6-15(14)12-18(16)17;21-20-19(9-4-10-22-20)23-13-17-8-3-7-16-11-14-5-1-2-6-15(14)12-18(16)17/h1-3,5-8,11-12,18H,4,9-10H2;1-3,5-8,11-12,19H,4,9-10H2;1-7,10-11,18H,8-9,12H2;2-8,11-12H,9-10,13H2,1H3;1-3,5-8,11-12,19H,4,9-10,13H2. The largest absolute Gasteiger partial charge is 0.465 e. The van der Waals surface area contributed by atoms with E-state index in [4.69, 9.17) is 42.6 Å². The summed E-state index contributed by atoms with van der Waals surface area (Å²) in [5.41, 5.74) is 3.46. The van der Waals surface area contributed by atoms with Crippen LogP contribution in [-0.4, -0.2) is 96.9 Å². The van der Waals surface area contributed by atoms with Gasteiger partial charge in [0.2, 0.25) is 6.29 Å². The van der Waals surface area contributed by atoms with Gasteiger partial charge in [0.15, 0.2) is 17.8 Å². The quantitative estimate of drug-likeness (QED) is 0.0595. The van der Waals surface area contributed by atoms with Crippen LogP contribution in [0.25, 0.3) is 108 Å². The lowest BCUT2D eigenvalue weighted by molar-refractivity contribution is -0.176. The summed E-state index contributed by atoms with van der Waals surface area (Å²) in [4.78, 5) is 94.9. The van der Waals surface area contributed by atoms with Gasteiger partial charge >= 0.3 is 47.8 Å². The van der Waals surface area contributed by atoms with E-state index in [-0.39, 0.29) is 42.2 Å². The van der Waals surface area contributed by atoms with Crippen LogP contribution in [-0.2, 0) is 90.4 Å². The van der Waals surface area contributed by atoms with E-state index < -0.39 is 48.0 Å². The molecule has 5 fully saturated rings. The highest BCUT2D eigenvalue weighted by Gasteiger charge is 2.41. The summed E-state index contributed by atoms with van der Waals surface area (Å²) in [5.74, 6) is -2.00. The molecule has 0 aromatic heterocycles. The van der Waals surface area contributed by atoms with E-state index in [1.807, 2.05) is 140 Å². The van der Waals surface area contributed by atoms with Crippen LogP contribution in [0.15, 0.2) is 273 Å². The van der Waals surface area contributed by atoms with Gasteiger partial charge in [0.1, 0.15) is 11.9 Å². The maximum atomic E-state index is 12.6. The van der Waals surface area contributed by atoms with Crippen molar-refractivity contribution < 1.29 is 81.0 Å². The van der Waals surface area contributed by atoms with Crippen LogP contribution < -0.4 is 0 Å².